The highest BCUT2D eigenvalue weighted by Crippen LogP contribution is 2.25. The highest BCUT2D eigenvalue weighted by molar-refractivity contribution is 7.89. The lowest BCUT2D eigenvalue weighted by Crippen LogP contribution is -2.26. The van der Waals surface area contributed by atoms with Gasteiger partial charge in [0, 0.05) is 24.5 Å². The summed E-state index contributed by atoms with van der Waals surface area (Å²) in [5, 5.41) is 1.73. The summed E-state index contributed by atoms with van der Waals surface area (Å²) in [6, 6.07) is 0. The summed E-state index contributed by atoms with van der Waals surface area (Å²) in [5.74, 6) is 2.51. The molecule has 19 heavy (non-hydrogen) atoms. The van der Waals surface area contributed by atoms with Crippen molar-refractivity contribution in [1.29, 1.82) is 0 Å². The Labute approximate surface area is 120 Å². The molecule has 0 spiro atoms. The molecule has 1 N–H and O–H groups in total. The van der Waals surface area contributed by atoms with E-state index in [-0.39, 0.29) is 10.2 Å². The van der Waals surface area contributed by atoms with Gasteiger partial charge in [-0.1, -0.05) is 11.6 Å². The zero-order valence-corrected chi connectivity index (χ0v) is 12.4. The molecule has 2 aromatic rings. The van der Waals surface area contributed by atoms with E-state index < -0.39 is 10.0 Å². The fourth-order valence-corrected chi connectivity index (χ4v) is 4.13. The topological polar surface area (TPSA) is 63.5 Å². The maximum absolute atomic E-state index is 12.2. The Hall–Kier alpha value is -1.07. The fourth-order valence-electron chi connectivity index (χ4n) is 1.61. The van der Waals surface area contributed by atoms with Gasteiger partial charge in [-0.2, -0.15) is 0 Å². The number of nitrogens with zero attached hydrogens (tertiary/aromatic N) is 2. The van der Waals surface area contributed by atoms with Crippen LogP contribution in [-0.2, 0) is 10.0 Å². The van der Waals surface area contributed by atoms with Crippen molar-refractivity contribution in [3.63, 3.8) is 0 Å². The van der Waals surface area contributed by atoms with Crippen LogP contribution in [0.2, 0.25) is 5.15 Å². The van der Waals surface area contributed by atoms with Gasteiger partial charge in [0.2, 0.25) is 0 Å². The molecule has 0 aliphatic rings. The number of aromatic nitrogens is 2. The molecule has 0 bridgehead atoms. The molecule has 0 atom stereocenters. The van der Waals surface area contributed by atoms with Crippen LogP contribution < -0.4 is 4.72 Å². The third-order valence-electron chi connectivity index (χ3n) is 2.47. The van der Waals surface area contributed by atoms with Gasteiger partial charge in [0.15, 0.2) is 15.1 Å². The molecule has 0 saturated heterocycles. The summed E-state index contributed by atoms with van der Waals surface area (Å²) in [4.78, 5) is 4.55. The van der Waals surface area contributed by atoms with Gasteiger partial charge in [-0.25, -0.2) is 18.1 Å². The fraction of sp³-hybridized carbons (Fsp3) is 0.364. The van der Waals surface area contributed by atoms with Crippen LogP contribution in [0.1, 0.15) is 19.3 Å². The Morgan fingerprint density at radius 2 is 2.32 bits per heavy atom. The number of unbranched alkanes of at least 4 members (excludes halogenated alkanes) is 2. The molecular formula is C11H12ClN3O2S2. The molecule has 8 heteroatoms. The number of hydrogen-bond donors (Lipinski definition) is 1. The largest absolute Gasteiger partial charge is 0.279 e. The Bertz CT molecular complexity index is 712. The van der Waals surface area contributed by atoms with Gasteiger partial charge in [-0.3, -0.25) is 4.40 Å². The summed E-state index contributed by atoms with van der Waals surface area (Å²) in [5.41, 5.74) is 0. The molecule has 5 nitrogen and oxygen atoms in total. The maximum Gasteiger partial charge on any atom is 0.259 e. The minimum atomic E-state index is -3.66. The minimum Gasteiger partial charge on any atom is -0.279 e. The number of sulfonamides is 1. The molecule has 0 aromatic carbocycles. The van der Waals surface area contributed by atoms with Gasteiger partial charge in [0.05, 0.1) is 0 Å². The third kappa shape index (κ3) is 3.09. The van der Waals surface area contributed by atoms with Crippen LogP contribution in [0.5, 0.6) is 0 Å². The average molecular weight is 318 g/mol. The Morgan fingerprint density at radius 3 is 3.05 bits per heavy atom. The van der Waals surface area contributed by atoms with Gasteiger partial charge in [-0.15, -0.1) is 23.7 Å². The van der Waals surface area contributed by atoms with Crippen LogP contribution in [-0.4, -0.2) is 24.3 Å². The van der Waals surface area contributed by atoms with Crippen molar-refractivity contribution in [3.8, 4) is 12.3 Å². The summed E-state index contributed by atoms with van der Waals surface area (Å²) in [7, 11) is -3.66. The van der Waals surface area contributed by atoms with Crippen LogP contribution in [0.3, 0.4) is 0 Å². The summed E-state index contributed by atoms with van der Waals surface area (Å²) in [6.07, 6.45) is 8.87. The number of hydrogen-bond acceptors (Lipinski definition) is 4. The predicted octanol–water partition coefficient (Wildman–Crippen LogP) is 2.13. The second-order valence-electron chi connectivity index (χ2n) is 3.82. The monoisotopic (exact) mass is 317 g/mol. The van der Waals surface area contributed by atoms with Crippen molar-refractivity contribution in [2.45, 2.75) is 24.3 Å². The lowest BCUT2D eigenvalue weighted by Gasteiger charge is -2.05. The van der Waals surface area contributed by atoms with Crippen molar-refractivity contribution in [3.05, 3.63) is 16.7 Å². The van der Waals surface area contributed by atoms with E-state index in [9.17, 15) is 8.42 Å². The molecule has 0 amide bonds. The smallest absolute Gasteiger partial charge is 0.259 e. The normalized spacial score (nSPS) is 11.8. The lowest BCUT2D eigenvalue weighted by atomic mass is 10.2. The Kier molecular flexibility index (Phi) is 4.47. The van der Waals surface area contributed by atoms with Crippen molar-refractivity contribution >= 4 is 37.9 Å². The lowest BCUT2D eigenvalue weighted by molar-refractivity contribution is 0.572. The minimum absolute atomic E-state index is 0.0111. The molecule has 2 aromatic heterocycles. The predicted molar refractivity (Wildman–Crippen MR) is 76.0 cm³/mol. The SMILES string of the molecule is C#CCCCCNS(=O)(=O)c1c(Cl)nc2sccn12. The van der Waals surface area contributed by atoms with Crippen LogP contribution in [0.25, 0.3) is 4.96 Å². The molecule has 0 radical (unpaired) electrons. The third-order valence-corrected chi connectivity index (χ3v) is 5.09. The van der Waals surface area contributed by atoms with E-state index in [0.29, 0.717) is 24.3 Å². The quantitative estimate of drug-likeness (QED) is 0.656. The van der Waals surface area contributed by atoms with Crippen molar-refractivity contribution in [1.82, 2.24) is 14.1 Å². The zero-order chi connectivity index (χ0) is 13.9. The van der Waals surface area contributed by atoms with Crippen molar-refractivity contribution < 1.29 is 8.42 Å². The van der Waals surface area contributed by atoms with E-state index >= 15 is 0 Å². The van der Waals surface area contributed by atoms with E-state index in [2.05, 4.69) is 15.6 Å². The van der Waals surface area contributed by atoms with Gasteiger partial charge in [-0.05, 0) is 12.8 Å². The van der Waals surface area contributed by atoms with Gasteiger partial charge in [0.25, 0.3) is 10.0 Å². The molecule has 0 aliphatic heterocycles. The number of rotatable bonds is 6. The molecule has 0 unspecified atom stereocenters. The standard InChI is InChI=1S/C11H12ClN3O2S2/c1-2-3-4-5-6-13-19(16,17)10-9(12)14-11-15(10)7-8-18-11/h1,7-8,13H,3-6H2. The summed E-state index contributed by atoms with van der Waals surface area (Å²) in [6.45, 7) is 0.331. The van der Waals surface area contributed by atoms with Crippen molar-refractivity contribution in [2.24, 2.45) is 0 Å². The molecule has 0 aliphatic carbocycles. The number of imidazole rings is 1. The molecule has 102 valence electrons. The van der Waals surface area contributed by atoms with E-state index in [4.69, 9.17) is 18.0 Å². The number of fused-ring (bicyclic) bond motifs is 1. The zero-order valence-electron chi connectivity index (χ0n) is 9.97. The van der Waals surface area contributed by atoms with Crippen LogP contribution in [0, 0.1) is 12.3 Å². The number of thiazole rings is 1. The van der Waals surface area contributed by atoms with Gasteiger partial charge >= 0.3 is 0 Å². The van der Waals surface area contributed by atoms with Gasteiger partial charge < -0.3 is 0 Å². The van der Waals surface area contributed by atoms with Crippen LogP contribution in [0.15, 0.2) is 16.6 Å². The summed E-state index contributed by atoms with van der Waals surface area (Å²) < 4.78 is 28.3. The van der Waals surface area contributed by atoms with E-state index in [1.54, 1.807) is 11.6 Å². The highest BCUT2D eigenvalue weighted by atomic mass is 35.5. The Morgan fingerprint density at radius 1 is 1.53 bits per heavy atom. The molecule has 2 rings (SSSR count). The number of terminal acetylenes is 1. The molecule has 2 heterocycles. The molecule has 0 fully saturated rings. The first-order valence-corrected chi connectivity index (χ1v) is 8.34. The van der Waals surface area contributed by atoms with E-state index in [1.807, 2.05) is 0 Å². The number of nitrogens with one attached hydrogen (secondary N) is 1. The summed E-state index contributed by atoms with van der Waals surface area (Å²) >= 11 is 7.21. The molecular weight excluding hydrogens is 306 g/mol. The maximum atomic E-state index is 12.2. The molecule has 0 saturated carbocycles. The number of halogens is 1. The highest BCUT2D eigenvalue weighted by Gasteiger charge is 2.24. The van der Waals surface area contributed by atoms with Crippen LogP contribution >= 0.6 is 22.9 Å². The van der Waals surface area contributed by atoms with Gasteiger partial charge in [0.1, 0.15) is 0 Å². The first-order chi connectivity index (χ1) is 9.06. The second-order valence-corrected chi connectivity index (χ2v) is 6.74. The van der Waals surface area contributed by atoms with Crippen LogP contribution in [0.4, 0.5) is 0 Å². The first kappa shape index (κ1) is 14.3. The second kappa shape index (κ2) is 5.92. The van der Waals surface area contributed by atoms with E-state index in [1.165, 1.54) is 15.7 Å². The average Bonchev–Trinajstić information content (AvgIpc) is 2.87. The van der Waals surface area contributed by atoms with E-state index in [0.717, 1.165) is 6.42 Å². The Balaban J connectivity index is 2.13. The first-order valence-electron chi connectivity index (χ1n) is 5.60. The van der Waals surface area contributed by atoms with Crippen molar-refractivity contribution in [2.75, 3.05) is 6.54 Å².